The number of aromatic nitrogens is 2. The normalized spacial score (nSPS) is 26.8. The van der Waals surface area contributed by atoms with Crippen molar-refractivity contribution in [3.8, 4) is 0 Å². The van der Waals surface area contributed by atoms with Crippen LogP contribution in [0.3, 0.4) is 0 Å². The lowest BCUT2D eigenvalue weighted by Crippen LogP contribution is -2.45. The number of ether oxygens (including phenoxy) is 2. The molecule has 0 aromatic carbocycles. The smallest absolute Gasteiger partial charge is 0.330 e. The van der Waals surface area contributed by atoms with Gasteiger partial charge >= 0.3 is 5.69 Å². The van der Waals surface area contributed by atoms with E-state index in [1.165, 1.54) is 0 Å². The summed E-state index contributed by atoms with van der Waals surface area (Å²) in [7, 11) is -3.90. The molecule has 25 heavy (non-hydrogen) atoms. The highest BCUT2D eigenvalue weighted by Gasteiger charge is 2.51. The van der Waals surface area contributed by atoms with Crippen molar-refractivity contribution in [1.82, 2.24) is 14.3 Å². The molecule has 4 atom stereocenters. The van der Waals surface area contributed by atoms with Gasteiger partial charge < -0.3 is 9.47 Å². The molecule has 1 fully saturated rings. The van der Waals surface area contributed by atoms with Crippen molar-refractivity contribution in [2.75, 3.05) is 6.26 Å². The van der Waals surface area contributed by atoms with Crippen LogP contribution in [0.4, 0.5) is 4.39 Å². The van der Waals surface area contributed by atoms with E-state index < -0.39 is 57.9 Å². The molecular weight excluding hydrogens is 361 g/mol. The fourth-order valence-corrected chi connectivity index (χ4v) is 2.87. The Morgan fingerprint density at radius 2 is 2.08 bits per heavy atom. The molecule has 1 amide bonds. The van der Waals surface area contributed by atoms with E-state index in [1.807, 2.05) is 4.98 Å². The third-order valence-corrected chi connectivity index (χ3v) is 3.84. The van der Waals surface area contributed by atoms with Gasteiger partial charge in [0.05, 0.1) is 12.4 Å². The lowest BCUT2D eigenvalue weighted by atomic mass is 10.1. The van der Waals surface area contributed by atoms with Crippen LogP contribution in [0.5, 0.6) is 0 Å². The first kappa shape index (κ1) is 19.3. The van der Waals surface area contributed by atoms with Gasteiger partial charge in [-0.3, -0.25) is 23.9 Å². The molecule has 12 heteroatoms. The SMILES string of the molecule is CC(C)O[C@H]1[C@@H](F)[C@H](n2ccc(=O)[nH]c2=O)O[C@@H]1C(=O)NS(C)(=O)=O. The quantitative estimate of drug-likeness (QED) is 0.645. The number of sulfonamides is 1. The van der Waals surface area contributed by atoms with Gasteiger partial charge in [-0.2, -0.15) is 0 Å². The van der Waals surface area contributed by atoms with Crippen molar-refractivity contribution in [3.05, 3.63) is 33.1 Å². The molecule has 1 aliphatic rings. The van der Waals surface area contributed by atoms with E-state index in [2.05, 4.69) is 0 Å². The maximum absolute atomic E-state index is 14.8. The second-order valence-electron chi connectivity index (χ2n) is 5.80. The zero-order valence-corrected chi connectivity index (χ0v) is 14.4. The first-order valence-corrected chi connectivity index (χ1v) is 9.17. The second-order valence-corrected chi connectivity index (χ2v) is 7.55. The van der Waals surface area contributed by atoms with Crippen LogP contribution in [0.1, 0.15) is 20.1 Å². The predicted molar refractivity (Wildman–Crippen MR) is 83.1 cm³/mol. The summed E-state index contributed by atoms with van der Waals surface area (Å²) in [5.41, 5.74) is -1.62. The summed E-state index contributed by atoms with van der Waals surface area (Å²) in [6.45, 7) is 3.19. The molecule has 0 saturated carbocycles. The molecule has 0 unspecified atom stereocenters. The Kier molecular flexibility index (Phi) is 5.44. The summed E-state index contributed by atoms with van der Waals surface area (Å²) in [5, 5.41) is 0. The number of H-pyrrole nitrogens is 1. The van der Waals surface area contributed by atoms with Crippen molar-refractivity contribution in [3.63, 3.8) is 0 Å². The first-order valence-electron chi connectivity index (χ1n) is 7.27. The predicted octanol–water partition coefficient (Wildman–Crippen LogP) is -1.36. The molecular formula is C13H18FN3O7S. The van der Waals surface area contributed by atoms with Crippen LogP contribution in [-0.2, 0) is 24.3 Å². The summed E-state index contributed by atoms with van der Waals surface area (Å²) in [5.74, 6) is -1.12. The maximum Gasteiger partial charge on any atom is 0.330 e. The highest BCUT2D eigenvalue weighted by molar-refractivity contribution is 7.89. The van der Waals surface area contributed by atoms with Gasteiger partial charge in [0.1, 0.15) is 6.10 Å². The van der Waals surface area contributed by atoms with Gasteiger partial charge in [-0.1, -0.05) is 0 Å². The lowest BCUT2D eigenvalue weighted by molar-refractivity contribution is -0.139. The number of halogens is 1. The van der Waals surface area contributed by atoms with Crippen LogP contribution in [0, 0.1) is 0 Å². The Morgan fingerprint density at radius 3 is 2.60 bits per heavy atom. The number of hydrogen-bond donors (Lipinski definition) is 2. The Bertz CT molecular complexity index is 863. The summed E-state index contributed by atoms with van der Waals surface area (Å²) in [6, 6.07) is 0.986. The number of amides is 1. The standard InChI is InChI=1S/C13H18FN3O7S/c1-6(2)23-9-8(14)12(17-5-4-7(18)15-13(17)20)24-10(9)11(19)16-25(3,21)22/h4-6,8-10,12H,1-3H3,(H,16,19)(H,15,18,20)/t8-,9+,10+,12-/m1/s1. The summed E-state index contributed by atoms with van der Waals surface area (Å²) < 4.78 is 50.3. The number of hydrogen-bond acceptors (Lipinski definition) is 7. The highest BCUT2D eigenvalue weighted by atomic mass is 32.2. The lowest BCUT2D eigenvalue weighted by Gasteiger charge is -2.21. The highest BCUT2D eigenvalue weighted by Crippen LogP contribution is 2.33. The monoisotopic (exact) mass is 379 g/mol. The molecule has 1 aromatic heterocycles. The third kappa shape index (κ3) is 4.52. The summed E-state index contributed by atoms with van der Waals surface area (Å²) >= 11 is 0. The maximum atomic E-state index is 14.8. The largest absolute Gasteiger partial charge is 0.369 e. The zero-order valence-electron chi connectivity index (χ0n) is 13.6. The number of alkyl halides is 1. The van der Waals surface area contributed by atoms with Gasteiger partial charge in [0.25, 0.3) is 11.5 Å². The van der Waals surface area contributed by atoms with E-state index in [0.717, 1.165) is 23.1 Å². The van der Waals surface area contributed by atoms with E-state index in [1.54, 1.807) is 18.6 Å². The van der Waals surface area contributed by atoms with Gasteiger partial charge in [-0.05, 0) is 13.8 Å². The van der Waals surface area contributed by atoms with Crippen LogP contribution in [0.2, 0.25) is 0 Å². The molecule has 1 aliphatic heterocycles. The molecule has 10 nitrogen and oxygen atoms in total. The number of nitrogens with zero attached hydrogens (tertiary/aromatic N) is 1. The van der Waals surface area contributed by atoms with Gasteiger partial charge in [-0.15, -0.1) is 0 Å². The Labute approximate surface area is 142 Å². The fraction of sp³-hybridized carbons (Fsp3) is 0.615. The van der Waals surface area contributed by atoms with E-state index in [-0.39, 0.29) is 0 Å². The van der Waals surface area contributed by atoms with Gasteiger partial charge in [0.2, 0.25) is 10.0 Å². The average molecular weight is 379 g/mol. The van der Waals surface area contributed by atoms with Crippen LogP contribution < -0.4 is 16.0 Å². The average Bonchev–Trinajstić information content (AvgIpc) is 2.74. The van der Waals surface area contributed by atoms with E-state index >= 15 is 0 Å². The second kappa shape index (κ2) is 7.06. The Hall–Kier alpha value is -2.05. The van der Waals surface area contributed by atoms with Crippen LogP contribution in [-0.4, -0.2) is 54.6 Å². The third-order valence-electron chi connectivity index (χ3n) is 3.27. The molecule has 2 N–H and O–H groups in total. The first-order chi connectivity index (χ1) is 11.5. The minimum atomic E-state index is -3.90. The summed E-state index contributed by atoms with van der Waals surface area (Å²) in [4.78, 5) is 37.0. The summed E-state index contributed by atoms with van der Waals surface area (Å²) in [6.07, 6.45) is -5.28. The Balaban J connectivity index is 2.37. The van der Waals surface area contributed by atoms with E-state index in [4.69, 9.17) is 9.47 Å². The van der Waals surface area contributed by atoms with Crippen LogP contribution in [0.15, 0.2) is 21.9 Å². The van der Waals surface area contributed by atoms with E-state index in [0.29, 0.717) is 0 Å². The van der Waals surface area contributed by atoms with Crippen LogP contribution in [0.25, 0.3) is 0 Å². The number of nitrogens with one attached hydrogen (secondary N) is 2. The van der Waals surface area contributed by atoms with Crippen molar-refractivity contribution in [1.29, 1.82) is 0 Å². The number of rotatable bonds is 5. The van der Waals surface area contributed by atoms with Crippen molar-refractivity contribution >= 4 is 15.9 Å². The Morgan fingerprint density at radius 1 is 1.44 bits per heavy atom. The molecule has 1 saturated heterocycles. The molecule has 0 bridgehead atoms. The van der Waals surface area contributed by atoms with Crippen LogP contribution >= 0.6 is 0 Å². The molecule has 2 heterocycles. The molecule has 0 aliphatic carbocycles. The topological polar surface area (TPSA) is 137 Å². The van der Waals surface area contributed by atoms with Gasteiger partial charge in [0.15, 0.2) is 18.5 Å². The van der Waals surface area contributed by atoms with Crippen molar-refractivity contribution < 1.29 is 27.1 Å². The van der Waals surface area contributed by atoms with Crippen molar-refractivity contribution in [2.45, 2.75) is 44.6 Å². The molecule has 0 spiro atoms. The molecule has 0 radical (unpaired) electrons. The zero-order chi connectivity index (χ0) is 18.9. The number of aromatic amines is 1. The minimum absolute atomic E-state index is 0.494. The number of carbonyl (C=O) groups is 1. The molecule has 140 valence electrons. The number of carbonyl (C=O) groups excluding carboxylic acids is 1. The molecule has 2 rings (SSSR count). The molecule has 1 aromatic rings. The van der Waals surface area contributed by atoms with Gasteiger partial charge in [0, 0.05) is 12.3 Å². The van der Waals surface area contributed by atoms with E-state index in [9.17, 15) is 27.2 Å². The fourth-order valence-electron chi connectivity index (χ4n) is 2.39. The van der Waals surface area contributed by atoms with Crippen molar-refractivity contribution in [2.24, 2.45) is 0 Å². The van der Waals surface area contributed by atoms with Gasteiger partial charge in [-0.25, -0.2) is 17.6 Å². The minimum Gasteiger partial charge on any atom is -0.369 e.